The highest BCUT2D eigenvalue weighted by atomic mass is 16.1. The minimum Gasteiger partial charge on any atom is -0.352 e. The molecule has 116 valence electrons. The van der Waals surface area contributed by atoms with Crippen molar-refractivity contribution in [2.45, 2.75) is 65.1 Å². The average molecular weight is 289 g/mol. The van der Waals surface area contributed by atoms with Crippen LogP contribution < -0.4 is 4.90 Å². The highest BCUT2D eigenvalue weighted by molar-refractivity contribution is 5.49. The molecule has 4 nitrogen and oxygen atoms in total. The topological polar surface area (TPSA) is 36.4 Å². The lowest BCUT2D eigenvalue weighted by Gasteiger charge is -2.34. The first-order valence-electron chi connectivity index (χ1n) is 8.00. The normalized spacial score (nSPS) is 19.1. The third kappa shape index (κ3) is 3.55. The first-order chi connectivity index (χ1) is 10.0. The predicted octanol–water partition coefficient (Wildman–Crippen LogP) is 3.39. The number of carbonyl (C=O) groups is 1. The van der Waals surface area contributed by atoms with Gasteiger partial charge in [-0.2, -0.15) is 0 Å². The molecule has 0 radical (unpaired) electrons. The zero-order chi connectivity index (χ0) is 15.4. The van der Waals surface area contributed by atoms with E-state index in [1.54, 1.807) is 0 Å². The summed E-state index contributed by atoms with van der Waals surface area (Å²) in [5.74, 6) is 1.01. The van der Waals surface area contributed by atoms with E-state index >= 15 is 0 Å². The summed E-state index contributed by atoms with van der Waals surface area (Å²) in [4.78, 5) is 20.1. The SMILES string of the molecule is CC(C)N(c1ccc(C2CCCCN2C=O)cn1)C(C)C. The van der Waals surface area contributed by atoms with Gasteiger partial charge in [0.25, 0.3) is 0 Å². The molecule has 0 spiro atoms. The van der Waals surface area contributed by atoms with Gasteiger partial charge in [-0.3, -0.25) is 4.79 Å². The zero-order valence-electron chi connectivity index (χ0n) is 13.6. The van der Waals surface area contributed by atoms with Crippen LogP contribution in [0.15, 0.2) is 18.3 Å². The molecule has 1 unspecified atom stereocenters. The second-order valence-corrected chi connectivity index (χ2v) is 6.40. The number of hydrogen-bond acceptors (Lipinski definition) is 3. The van der Waals surface area contributed by atoms with Crippen LogP contribution in [0.2, 0.25) is 0 Å². The van der Waals surface area contributed by atoms with Gasteiger partial charge in [0.05, 0.1) is 6.04 Å². The van der Waals surface area contributed by atoms with Gasteiger partial charge in [0.1, 0.15) is 5.82 Å². The van der Waals surface area contributed by atoms with Crippen molar-refractivity contribution in [1.82, 2.24) is 9.88 Å². The highest BCUT2D eigenvalue weighted by Gasteiger charge is 2.23. The van der Waals surface area contributed by atoms with Crippen LogP contribution in [0.1, 0.15) is 58.6 Å². The first-order valence-corrected chi connectivity index (χ1v) is 8.00. The summed E-state index contributed by atoms with van der Waals surface area (Å²) < 4.78 is 0. The van der Waals surface area contributed by atoms with Gasteiger partial charge in [-0.25, -0.2) is 4.98 Å². The van der Waals surface area contributed by atoms with Crippen LogP contribution in [0.3, 0.4) is 0 Å². The Hall–Kier alpha value is -1.58. The molecule has 1 amide bonds. The summed E-state index contributed by atoms with van der Waals surface area (Å²) in [6.07, 6.45) is 6.25. The molecule has 2 rings (SSSR count). The molecule has 0 saturated carbocycles. The summed E-state index contributed by atoms with van der Waals surface area (Å²) >= 11 is 0. The van der Waals surface area contributed by atoms with Gasteiger partial charge in [-0.15, -0.1) is 0 Å². The number of nitrogens with zero attached hydrogens (tertiary/aromatic N) is 3. The predicted molar refractivity (Wildman–Crippen MR) is 86.4 cm³/mol. The van der Waals surface area contributed by atoms with Gasteiger partial charge >= 0.3 is 0 Å². The first kappa shape index (κ1) is 15.8. The zero-order valence-corrected chi connectivity index (χ0v) is 13.6. The van der Waals surface area contributed by atoms with E-state index in [9.17, 15) is 4.79 Å². The molecule has 1 aliphatic rings. The van der Waals surface area contributed by atoms with Gasteiger partial charge in [0, 0.05) is 24.8 Å². The number of likely N-dealkylation sites (tertiary alicyclic amines) is 1. The molecular formula is C17H27N3O. The van der Waals surface area contributed by atoms with Crippen LogP contribution in [0.4, 0.5) is 5.82 Å². The second kappa shape index (κ2) is 6.92. The van der Waals surface area contributed by atoms with E-state index < -0.39 is 0 Å². The van der Waals surface area contributed by atoms with Crippen molar-refractivity contribution >= 4 is 12.2 Å². The molecule has 21 heavy (non-hydrogen) atoms. The summed E-state index contributed by atoms with van der Waals surface area (Å²) in [7, 11) is 0. The lowest BCUT2D eigenvalue weighted by Crippen LogP contribution is -2.37. The molecule has 0 N–H and O–H groups in total. The maximum atomic E-state index is 11.2. The lowest BCUT2D eigenvalue weighted by molar-refractivity contribution is -0.121. The van der Waals surface area contributed by atoms with E-state index in [-0.39, 0.29) is 6.04 Å². The molecule has 4 heteroatoms. The van der Waals surface area contributed by atoms with Crippen molar-refractivity contribution < 1.29 is 4.79 Å². The molecule has 1 fully saturated rings. The molecule has 1 aromatic rings. The summed E-state index contributed by atoms with van der Waals surface area (Å²) in [6.45, 7) is 9.60. The molecule has 1 atom stereocenters. The minimum absolute atomic E-state index is 0.198. The van der Waals surface area contributed by atoms with Crippen molar-refractivity contribution in [2.75, 3.05) is 11.4 Å². The van der Waals surface area contributed by atoms with Crippen molar-refractivity contribution in [3.8, 4) is 0 Å². The smallest absolute Gasteiger partial charge is 0.210 e. The Morgan fingerprint density at radius 1 is 1.24 bits per heavy atom. The van der Waals surface area contributed by atoms with Crippen LogP contribution in [0, 0.1) is 0 Å². The van der Waals surface area contributed by atoms with Crippen molar-refractivity contribution in [3.63, 3.8) is 0 Å². The fraction of sp³-hybridized carbons (Fsp3) is 0.647. The van der Waals surface area contributed by atoms with Crippen molar-refractivity contribution in [2.24, 2.45) is 0 Å². The van der Waals surface area contributed by atoms with Gasteiger partial charge in [0.2, 0.25) is 6.41 Å². The number of rotatable bonds is 5. The Labute approximate surface area is 128 Å². The quantitative estimate of drug-likeness (QED) is 0.780. The second-order valence-electron chi connectivity index (χ2n) is 6.40. The molecule has 0 aliphatic carbocycles. The maximum Gasteiger partial charge on any atom is 0.210 e. The Bertz CT molecular complexity index is 448. The molecule has 1 aliphatic heterocycles. The van der Waals surface area contributed by atoms with Gasteiger partial charge < -0.3 is 9.80 Å². The number of pyridine rings is 1. The number of amides is 1. The largest absolute Gasteiger partial charge is 0.352 e. The van der Waals surface area contributed by atoms with Gasteiger partial charge in [-0.1, -0.05) is 6.07 Å². The van der Waals surface area contributed by atoms with E-state index in [2.05, 4.69) is 49.7 Å². The lowest BCUT2D eigenvalue weighted by atomic mass is 9.97. The number of aromatic nitrogens is 1. The standard InChI is InChI=1S/C17H27N3O/c1-13(2)20(14(3)4)17-9-8-15(11-18-17)16-7-5-6-10-19(16)12-21/h8-9,11-14,16H,5-7,10H2,1-4H3. The van der Waals surface area contributed by atoms with Crippen molar-refractivity contribution in [3.05, 3.63) is 23.9 Å². The molecular weight excluding hydrogens is 262 g/mol. The van der Waals surface area contributed by atoms with Crippen LogP contribution in [0.25, 0.3) is 0 Å². The number of piperidine rings is 1. The average Bonchev–Trinajstić information content (AvgIpc) is 2.47. The van der Waals surface area contributed by atoms with E-state index in [1.165, 1.54) is 6.42 Å². The monoisotopic (exact) mass is 289 g/mol. The fourth-order valence-corrected chi connectivity index (χ4v) is 3.31. The van der Waals surface area contributed by atoms with Crippen LogP contribution >= 0.6 is 0 Å². The van der Waals surface area contributed by atoms with E-state index in [1.807, 2.05) is 11.1 Å². The molecule has 0 aromatic carbocycles. The number of hydrogen-bond donors (Lipinski definition) is 0. The molecule has 1 aromatic heterocycles. The van der Waals surface area contributed by atoms with Gasteiger partial charge in [0.15, 0.2) is 0 Å². The number of carbonyl (C=O) groups excluding carboxylic acids is 1. The summed E-state index contributed by atoms with van der Waals surface area (Å²) in [5, 5.41) is 0. The minimum atomic E-state index is 0.198. The molecule has 2 heterocycles. The Kier molecular flexibility index (Phi) is 5.21. The third-order valence-electron chi connectivity index (χ3n) is 4.21. The third-order valence-corrected chi connectivity index (χ3v) is 4.21. The van der Waals surface area contributed by atoms with Crippen LogP contribution in [-0.4, -0.2) is 34.9 Å². The summed E-state index contributed by atoms with van der Waals surface area (Å²) in [5.41, 5.74) is 1.15. The number of anilines is 1. The van der Waals surface area contributed by atoms with Crippen molar-refractivity contribution in [1.29, 1.82) is 0 Å². The summed E-state index contributed by atoms with van der Waals surface area (Å²) in [6, 6.07) is 5.26. The fourth-order valence-electron chi connectivity index (χ4n) is 3.31. The van der Waals surface area contributed by atoms with Gasteiger partial charge in [-0.05, 0) is 58.6 Å². The Balaban J connectivity index is 2.19. The molecule has 0 bridgehead atoms. The van der Waals surface area contributed by atoms with E-state index in [0.29, 0.717) is 12.1 Å². The van der Waals surface area contributed by atoms with E-state index in [4.69, 9.17) is 0 Å². The van der Waals surface area contributed by atoms with Crippen LogP contribution in [-0.2, 0) is 4.79 Å². The van der Waals surface area contributed by atoms with E-state index in [0.717, 1.165) is 37.2 Å². The maximum absolute atomic E-state index is 11.2. The molecule has 1 saturated heterocycles. The Morgan fingerprint density at radius 2 is 1.95 bits per heavy atom. The highest BCUT2D eigenvalue weighted by Crippen LogP contribution is 2.30. The Morgan fingerprint density at radius 3 is 2.48 bits per heavy atom. The van der Waals surface area contributed by atoms with Crippen LogP contribution in [0.5, 0.6) is 0 Å².